The smallest absolute Gasteiger partial charge is 0.247 e. The summed E-state index contributed by atoms with van der Waals surface area (Å²) in [5.41, 5.74) is 1.41. The number of amides is 1. The third-order valence-electron chi connectivity index (χ3n) is 4.61. The predicted molar refractivity (Wildman–Crippen MR) is 118 cm³/mol. The Hall–Kier alpha value is -3.79. The van der Waals surface area contributed by atoms with Crippen LogP contribution in [-0.2, 0) is 4.79 Å². The van der Waals surface area contributed by atoms with E-state index in [1.807, 2.05) is 0 Å². The number of halogens is 1. The first-order chi connectivity index (χ1) is 15.0. The van der Waals surface area contributed by atoms with Crippen LogP contribution in [0.1, 0.15) is 19.3 Å². The van der Waals surface area contributed by atoms with Gasteiger partial charge in [0.05, 0.1) is 18.0 Å². The molecule has 10 heteroatoms. The van der Waals surface area contributed by atoms with Crippen molar-refractivity contribution < 1.29 is 14.3 Å². The van der Waals surface area contributed by atoms with E-state index in [1.165, 1.54) is 0 Å². The molecule has 6 N–H and O–H groups in total. The van der Waals surface area contributed by atoms with E-state index in [4.69, 9.17) is 5.41 Å². The van der Waals surface area contributed by atoms with Crippen molar-refractivity contribution >= 4 is 35.3 Å². The van der Waals surface area contributed by atoms with E-state index in [1.54, 1.807) is 30.5 Å². The number of nitrogens with zero attached hydrogens (tertiary/aromatic N) is 2. The summed E-state index contributed by atoms with van der Waals surface area (Å²) in [7, 11) is 0. The van der Waals surface area contributed by atoms with Crippen LogP contribution >= 0.6 is 0 Å². The molecule has 9 nitrogen and oxygen atoms in total. The maximum absolute atomic E-state index is 14.2. The van der Waals surface area contributed by atoms with Gasteiger partial charge in [-0.15, -0.1) is 0 Å². The Kier molecular flexibility index (Phi) is 7.28. The Labute approximate surface area is 179 Å². The van der Waals surface area contributed by atoms with E-state index in [9.17, 15) is 14.3 Å². The van der Waals surface area contributed by atoms with Gasteiger partial charge in [-0.2, -0.15) is 4.98 Å². The molecule has 162 valence electrons. The average Bonchev–Trinajstić information content (AvgIpc) is 3.18. The lowest BCUT2D eigenvalue weighted by molar-refractivity contribution is -0.111. The van der Waals surface area contributed by atoms with Crippen molar-refractivity contribution in [3.63, 3.8) is 0 Å². The number of benzene rings is 1. The monoisotopic (exact) mass is 425 g/mol. The van der Waals surface area contributed by atoms with Crippen molar-refractivity contribution in [1.29, 1.82) is 5.41 Å². The van der Waals surface area contributed by atoms with Gasteiger partial charge in [0.15, 0.2) is 11.6 Å². The molecule has 31 heavy (non-hydrogen) atoms. The van der Waals surface area contributed by atoms with Gasteiger partial charge in [-0.1, -0.05) is 12.6 Å². The summed E-state index contributed by atoms with van der Waals surface area (Å²) in [6.07, 6.45) is 6.80. The van der Waals surface area contributed by atoms with Gasteiger partial charge in [-0.3, -0.25) is 4.79 Å². The van der Waals surface area contributed by atoms with Crippen LogP contribution < -0.4 is 21.3 Å². The third kappa shape index (κ3) is 6.34. The van der Waals surface area contributed by atoms with Crippen LogP contribution in [0.2, 0.25) is 0 Å². The minimum atomic E-state index is -0.662. The lowest BCUT2D eigenvalue weighted by Gasteiger charge is -2.13. The number of carbonyl (C=O) groups excluding carboxylic acids is 1. The van der Waals surface area contributed by atoms with Gasteiger partial charge >= 0.3 is 0 Å². The minimum absolute atomic E-state index is 0.0686. The molecule has 1 aromatic carbocycles. The molecule has 0 bridgehead atoms. The summed E-state index contributed by atoms with van der Waals surface area (Å²) in [4.78, 5) is 19.5. The minimum Gasteiger partial charge on any atom is -0.393 e. The van der Waals surface area contributed by atoms with Gasteiger partial charge in [0.1, 0.15) is 0 Å². The number of anilines is 4. The lowest BCUT2D eigenvalue weighted by Crippen LogP contribution is -2.23. The van der Waals surface area contributed by atoms with Gasteiger partial charge in [0, 0.05) is 29.8 Å². The number of allylic oxidation sites excluding steroid dienone is 1. The van der Waals surface area contributed by atoms with Crippen LogP contribution in [0, 0.1) is 11.2 Å². The van der Waals surface area contributed by atoms with Crippen molar-refractivity contribution in [2.45, 2.75) is 31.4 Å². The Morgan fingerprint density at radius 1 is 1.29 bits per heavy atom. The van der Waals surface area contributed by atoms with Crippen molar-refractivity contribution in [3.05, 3.63) is 60.8 Å². The Bertz CT molecular complexity index is 995. The summed E-state index contributed by atoms with van der Waals surface area (Å²) in [5.74, 6) is -0.989. The quantitative estimate of drug-likeness (QED) is 0.269. The molecule has 1 aliphatic rings. The first-order valence-corrected chi connectivity index (χ1v) is 9.71. The summed E-state index contributed by atoms with van der Waals surface area (Å²) >= 11 is 0. The van der Waals surface area contributed by atoms with Gasteiger partial charge in [0.2, 0.25) is 11.9 Å². The fraction of sp³-hybridized carbons (Fsp3) is 0.238. The van der Waals surface area contributed by atoms with Crippen LogP contribution in [0.4, 0.5) is 27.5 Å². The topological polar surface area (TPSA) is 135 Å². The van der Waals surface area contributed by atoms with E-state index in [2.05, 4.69) is 37.8 Å². The molecule has 1 heterocycles. The third-order valence-corrected chi connectivity index (χ3v) is 4.61. The molecular weight excluding hydrogens is 401 g/mol. The number of aliphatic hydroxyl groups excluding tert-OH is 1. The summed E-state index contributed by atoms with van der Waals surface area (Å²) < 4.78 is 14.2. The molecule has 0 spiro atoms. The van der Waals surface area contributed by atoms with Gasteiger partial charge < -0.3 is 31.8 Å². The van der Waals surface area contributed by atoms with Gasteiger partial charge in [0.25, 0.3) is 0 Å². The van der Waals surface area contributed by atoms with Crippen LogP contribution in [0.25, 0.3) is 0 Å². The van der Waals surface area contributed by atoms with E-state index in [-0.39, 0.29) is 29.8 Å². The van der Waals surface area contributed by atoms with E-state index >= 15 is 0 Å². The average molecular weight is 425 g/mol. The van der Waals surface area contributed by atoms with Gasteiger partial charge in [-0.25, -0.2) is 9.37 Å². The normalized spacial score (nSPS) is 18.2. The highest BCUT2D eigenvalue weighted by molar-refractivity contribution is 5.99. The molecule has 2 aromatic rings. The molecule has 0 radical (unpaired) electrons. The van der Waals surface area contributed by atoms with E-state index in [0.29, 0.717) is 23.5 Å². The van der Waals surface area contributed by atoms with Crippen LogP contribution in [0.3, 0.4) is 0 Å². The predicted octanol–water partition coefficient (Wildman–Crippen LogP) is 2.89. The SMILES string of the molecule is C=CC(=O)Nc1cccc(Nc2nc(N/C(C=N)=C/NC3CCC(O)C3)ncc2F)c1. The molecule has 1 fully saturated rings. The standard InChI is InChI=1S/C21H24FN7O2/c1-2-19(31)26-14-4-3-5-15(8-14)27-20-18(22)12-25-21(29-20)28-16(10-23)11-24-13-6-7-17(30)9-13/h2-5,8,10-13,17,23-24,30H,1,6-7,9H2,(H,26,31)(H2,25,27,28,29)/b16-11+,23-10?. The molecule has 2 atom stereocenters. The maximum atomic E-state index is 14.2. The molecule has 3 rings (SSSR count). The summed E-state index contributed by atoms with van der Waals surface area (Å²) in [6, 6.07) is 6.83. The number of hydrogen-bond acceptors (Lipinski definition) is 8. The highest BCUT2D eigenvalue weighted by Gasteiger charge is 2.21. The fourth-order valence-electron chi connectivity index (χ4n) is 3.08. The highest BCUT2D eigenvalue weighted by Crippen LogP contribution is 2.22. The molecule has 0 saturated heterocycles. The zero-order chi connectivity index (χ0) is 22.2. The number of aromatic nitrogens is 2. The summed E-state index contributed by atoms with van der Waals surface area (Å²) in [6.45, 7) is 3.40. The molecule has 1 aliphatic carbocycles. The van der Waals surface area contributed by atoms with Crippen molar-refractivity contribution in [2.24, 2.45) is 0 Å². The van der Waals surface area contributed by atoms with Crippen molar-refractivity contribution in [2.75, 3.05) is 16.0 Å². The second-order valence-corrected chi connectivity index (χ2v) is 6.99. The highest BCUT2D eigenvalue weighted by atomic mass is 19.1. The van der Waals surface area contributed by atoms with Crippen molar-refractivity contribution in [1.82, 2.24) is 15.3 Å². The van der Waals surface area contributed by atoms with Crippen LogP contribution in [0.5, 0.6) is 0 Å². The first-order valence-electron chi connectivity index (χ1n) is 9.71. The molecule has 0 aliphatic heterocycles. The van der Waals surface area contributed by atoms with E-state index < -0.39 is 5.82 Å². The molecule has 2 unspecified atom stereocenters. The Morgan fingerprint density at radius 2 is 2.10 bits per heavy atom. The Morgan fingerprint density at radius 3 is 2.81 bits per heavy atom. The zero-order valence-electron chi connectivity index (χ0n) is 16.7. The van der Waals surface area contributed by atoms with E-state index in [0.717, 1.165) is 31.3 Å². The zero-order valence-corrected chi connectivity index (χ0v) is 16.7. The van der Waals surface area contributed by atoms with Crippen molar-refractivity contribution in [3.8, 4) is 0 Å². The Balaban J connectivity index is 1.69. The molecule has 1 aromatic heterocycles. The maximum Gasteiger partial charge on any atom is 0.247 e. The number of carbonyl (C=O) groups is 1. The van der Waals surface area contributed by atoms with Crippen LogP contribution in [-0.4, -0.2) is 39.3 Å². The number of hydrogen-bond donors (Lipinski definition) is 6. The second kappa shape index (κ2) is 10.3. The largest absolute Gasteiger partial charge is 0.393 e. The van der Waals surface area contributed by atoms with Gasteiger partial charge in [-0.05, 0) is 43.5 Å². The molecular formula is C21H24FN7O2. The fourth-order valence-corrected chi connectivity index (χ4v) is 3.08. The summed E-state index contributed by atoms with van der Waals surface area (Å²) in [5, 5.41) is 28.7. The molecule has 1 amide bonds. The lowest BCUT2D eigenvalue weighted by atomic mass is 10.2. The van der Waals surface area contributed by atoms with Crippen LogP contribution in [0.15, 0.2) is 55.0 Å². The molecule has 1 saturated carbocycles. The number of rotatable bonds is 9. The second-order valence-electron chi connectivity index (χ2n) is 6.99. The number of aliphatic hydroxyl groups is 1. The first kappa shape index (κ1) is 21.9. The number of nitrogens with one attached hydrogen (secondary N) is 5.